The minimum atomic E-state index is -0.690. The number of anilines is 1. The van der Waals surface area contributed by atoms with E-state index in [1.807, 2.05) is 0 Å². The number of hydrogen-bond donors (Lipinski definition) is 1. The Morgan fingerprint density at radius 2 is 1.76 bits per heavy atom. The highest BCUT2D eigenvalue weighted by atomic mass is 79.9. The molecule has 0 aliphatic heterocycles. The number of rotatable bonds is 6. The maximum absolute atomic E-state index is 11.7. The largest absolute Gasteiger partial charge is 0.452 e. The van der Waals surface area contributed by atoms with E-state index in [1.54, 1.807) is 24.3 Å². The molecule has 0 radical (unpaired) electrons. The van der Waals surface area contributed by atoms with Gasteiger partial charge in [0.15, 0.2) is 6.61 Å². The highest BCUT2D eigenvalue weighted by molar-refractivity contribution is 9.10. The van der Waals surface area contributed by atoms with Crippen molar-refractivity contribution in [3.05, 3.63) is 74.8 Å². The molecular formula is C17H13BrN2O5. The highest BCUT2D eigenvalue weighted by Crippen LogP contribution is 2.14. The van der Waals surface area contributed by atoms with E-state index in [-0.39, 0.29) is 5.69 Å². The van der Waals surface area contributed by atoms with Gasteiger partial charge in [-0.25, -0.2) is 4.79 Å². The number of esters is 1. The number of benzene rings is 2. The van der Waals surface area contributed by atoms with Crippen LogP contribution in [0.4, 0.5) is 11.4 Å². The number of halogens is 1. The number of non-ortho nitro benzene ring substituents is 1. The molecule has 2 rings (SSSR count). The molecule has 0 atom stereocenters. The minimum absolute atomic E-state index is 0.0376. The molecular weight excluding hydrogens is 392 g/mol. The normalized spacial score (nSPS) is 10.4. The molecule has 8 heteroatoms. The molecule has 1 amide bonds. The maximum atomic E-state index is 11.7. The third kappa shape index (κ3) is 6.19. The lowest BCUT2D eigenvalue weighted by Gasteiger charge is -2.05. The summed E-state index contributed by atoms with van der Waals surface area (Å²) in [4.78, 5) is 33.3. The molecule has 0 aromatic heterocycles. The number of hydrogen-bond acceptors (Lipinski definition) is 5. The van der Waals surface area contributed by atoms with Crippen LogP contribution in [0.5, 0.6) is 0 Å². The Balaban J connectivity index is 1.80. The van der Waals surface area contributed by atoms with Gasteiger partial charge < -0.3 is 10.1 Å². The minimum Gasteiger partial charge on any atom is -0.452 e. The molecule has 7 nitrogen and oxygen atoms in total. The van der Waals surface area contributed by atoms with Crippen molar-refractivity contribution in [2.75, 3.05) is 11.9 Å². The SMILES string of the molecule is O=C(COC(=O)/C=C/c1ccc([N+](=O)[O-])cc1)Nc1ccc(Br)cc1. The second-order valence-corrected chi connectivity index (χ2v) is 5.76. The predicted molar refractivity (Wildman–Crippen MR) is 95.9 cm³/mol. The summed E-state index contributed by atoms with van der Waals surface area (Å²) >= 11 is 3.29. The van der Waals surface area contributed by atoms with Crippen LogP contribution in [0.1, 0.15) is 5.56 Å². The molecule has 0 saturated heterocycles. The molecule has 0 aliphatic rings. The van der Waals surface area contributed by atoms with Crippen molar-refractivity contribution in [3.63, 3.8) is 0 Å². The summed E-state index contributed by atoms with van der Waals surface area (Å²) < 4.78 is 5.71. The van der Waals surface area contributed by atoms with Gasteiger partial charge in [-0.1, -0.05) is 15.9 Å². The average Bonchev–Trinajstić information content (AvgIpc) is 2.60. The van der Waals surface area contributed by atoms with Crippen molar-refractivity contribution in [3.8, 4) is 0 Å². The first-order valence-electron chi connectivity index (χ1n) is 7.09. The van der Waals surface area contributed by atoms with E-state index in [9.17, 15) is 19.7 Å². The summed E-state index contributed by atoms with van der Waals surface area (Å²) in [5.41, 5.74) is 1.15. The van der Waals surface area contributed by atoms with Crippen LogP contribution in [-0.2, 0) is 14.3 Å². The Morgan fingerprint density at radius 1 is 1.12 bits per heavy atom. The average molecular weight is 405 g/mol. The molecule has 0 spiro atoms. The van der Waals surface area contributed by atoms with Crippen LogP contribution in [0.15, 0.2) is 59.1 Å². The van der Waals surface area contributed by atoms with E-state index < -0.39 is 23.4 Å². The second kappa shape index (κ2) is 8.74. The molecule has 0 unspecified atom stereocenters. The molecule has 0 saturated carbocycles. The van der Waals surface area contributed by atoms with Crippen LogP contribution < -0.4 is 5.32 Å². The van der Waals surface area contributed by atoms with Gasteiger partial charge in [0, 0.05) is 28.4 Å². The van der Waals surface area contributed by atoms with E-state index in [4.69, 9.17) is 4.74 Å². The quantitative estimate of drug-likeness (QED) is 0.343. The van der Waals surface area contributed by atoms with Crippen LogP contribution in [-0.4, -0.2) is 23.4 Å². The third-order valence-electron chi connectivity index (χ3n) is 2.99. The molecule has 0 aliphatic carbocycles. The van der Waals surface area contributed by atoms with Crippen LogP contribution >= 0.6 is 15.9 Å². The van der Waals surface area contributed by atoms with Gasteiger partial charge in [-0.2, -0.15) is 0 Å². The summed E-state index contributed by atoms with van der Waals surface area (Å²) in [6, 6.07) is 12.6. The number of amides is 1. The Hall–Kier alpha value is -3.00. The predicted octanol–water partition coefficient (Wildman–Crippen LogP) is 3.55. The maximum Gasteiger partial charge on any atom is 0.331 e. The van der Waals surface area contributed by atoms with Gasteiger partial charge in [-0.15, -0.1) is 0 Å². The van der Waals surface area contributed by atoms with E-state index in [0.29, 0.717) is 11.3 Å². The molecule has 25 heavy (non-hydrogen) atoms. The third-order valence-corrected chi connectivity index (χ3v) is 3.52. The highest BCUT2D eigenvalue weighted by Gasteiger charge is 2.06. The van der Waals surface area contributed by atoms with Crippen LogP contribution in [0, 0.1) is 10.1 Å². The van der Waals surface area contributed by atoms with Gasteiger partial charge in [-0.05, 0) is 48.0 Å². The van der Waals surface area contributed by atoms with Gasteiger partial charge in [0.25, 0.3) is 11.6 Å². The van der Waals surface area contributed by atoms with E-state index in [0.717, 1.165) is 10.5 Å². The zero-order valence-electron chi connectivity index (χ0n) is 12.8. The van der Waals surface area contributed by atoms with Gasteiger partial charge in [0.2, 0.25) is 0 Å². The first-order chi connectivity index (χ1) is 11.9. The van der Waals surface area contributed by atoms with Crippen molar-refractivity contribution in [2.45, 2.75) is 0 Å². The van der Waals surface area contributed by atoms with Crippen LogP contribution in [0.3, 0.4) is 0 Å². The molecule has 128 valence electrons. The molecule has 0 bridgehead atoms. The van der Waals surface area contributed by atoms with Gasteiger partial charge in [0.05, 0.1) is 4.92 Å². The zero-order valence-corrected chi connectivity index (χ0v) is 14.4. The number of ether oxygens (including phenoxy) is 1. The lowest BCUT2D eigenvalue weighted by molar-refractivity contribution is -0.384. The van der Waals surface area contributed by atoms with E-state index >= 15 is 0 Å². The number of nitrogens with zero attached hydrogens (tertiary/aromatic N) is 1. The van der Waals surface area contributed by atoms with Gasteiger partial charge in [-0.3, -0.25) is 14.9 Å². The number of nitrogens with one attached hydrogen (secondary N) is 1. The summed E-state index contributed by atoms with van der Waals surface area (Å²) in [6.45, 7) is -0.417. The summed E-state index contributed by atoms with van der Waals surface area (Å²) in [5, 5.41) is 13.1. The van der Waals surface area contributed by atoms with Gasteiger partial charge in [0.1, 0.15) is 0 Å². The van der Waals surface area contributed by atoms with Gasteiger partial charge >= 0.3 is 5.97 Å². The molecule has 2 aromatic carbocycles. The Morgan fingerprint density at radius 3 is 2.36 bits per heavy atom. The lowest BCUT2D eigenvalue weighted by Crippen LogP contribution is -2.20. The van der Waals surface area contributed by atoms with Crippen molar-refractivity contribution in [1.82, 2.24) is 0 Å². The second-order valence-electron chi connectivity index (χ2n) is 4.84. The topological polar surface area (TPSA) is 98.5 Å². The fraction of sp³-hybridized carbons (Fsp3) is 0.0588. The Kier molecular flexibility index (Phi) is 6.41. The number of carbonyl (C=O) groups excluding carboxylic acids is 2. The van der Waals surface area contributed by atoms with Crippen LogP contribution in [0.25, 0.3) is 6.08 Å². The first kappa shape index (κ1) is 18.3. The van der Waals surface area contributed by atoms with Crippen LogP contribution in [0.2, 0.25) is 0 Å². The molecule has 0 fully saturated rings. The van der Waals surface area contributed by atoms with Crippen molar-refractivity contribution < 1.29 is 19.2 Å². The molecule has 0 heterocycles. The Labute approximate surface area is 151 Å². The smallest absolute Gasteiger partial charge is 0.331 e. The zero-order chi connectivity index (χ0) is 18.2. The van der Waals surface area contributed by atoms with E-state index in [1.165, 1.54) is 30.3 Å². The van der Waals surface area contributed by atoms with E-state index in [2.05, 4.69) is 21.2 Å². The first-order valence-corrected chi connectivity index (χ1v) is 7.88. The lowest BCUT2D eigenvalue weighted by atomic mass is 10.2. The fourth-order valence-electron chi connectivity index (χ4n) is 1.79. The molecule has 2 aromatic rings. The Bertz CT molecular complexity index is 801. The van der Waals surface area contributed by atoms with Crippen molar-refractivity contribution >= 4 is 45.3 Å². The fourth-order valence-corrected chi connectivity index (χ4v) is 2.05. The molecule has 1 N–H and O–H groups in total. The van der Waals surface area contributed by atoms with Crippen molar-refractivity contribution in [1.29, 1.82) is 0 Å². The number of nitro benzene ring substituents is 1. The summed E-state index contributed by atoms with van der Waals surface area (Å²) in [7, 11) is 0. The standard InChI is InChI=1S/C17H13BrN2O5/c18-13-4-6-14(7-5-13)19-16(21)11-25-17(22)10-3-12-1-8-15(9-2-12)20(23)24/h1-10H,11H2,(H,19,21)/b10-3+. The monoisotopic (exact) mass is 404 g/mol. The summed E-state index contributed by atoms with van der Waals surface area (Å²) in [6.07, 6.45) is 2.59. The number of carbonyl (C=O) groups is 2. The number of nitro groups is 1. The summed E-state index contributed by atoms with van der Waals surface area (Å²) in [5.74, 6) is -1.15. The van der Waals surface area contributed by atoms with Crippen molar-refractivity contribution in [2.24, 2.45) is 0 Å².